The molecule has 2 aromatic heterocycles. The summed E-state index contributed by atoms with van der Waals surface area (Å²) in [5.74, 6) is -0.851. The molecule has 2 aromatic rings. The van der Waals surface area contributed by atoms with Crippen molar-refractivity contribution < 1.29 is 9.90 Å². The molecule has 0 radical (unpaired) electrons. The number of carbonyl (C=O) groups is 1. The lowest BCUT2D eigenvalue weighted by molar-refractivity contribution is -0.137. The summed E-state index contributed by atoms with van der Waals surface area (Å²) in [6, 6.07) is 3.64. The van der Waals surface area contributed by atoms with Gasteiger partial charge in [-0.3, -0.25) is 4.79 Å². The summed E-state index contributed by atoms with van der Waals surface area (Å²) in [4.78, 5) is 14.6. The summed E-state index contributed by atoms with van der Waals surface area (Å²) >= 11 is 3.30. The second-order valence-corrected chi connectivity index (χ2v) is 3.62. The average molecular weight is 255 g/mol. The SMILES string of the molecule is O=C(O)Cn1ccc2c(Br)nccc21. The lowest BCUT2D eigenvalue weighted by Gasteiger charge is -2.00. The Balaban J connectivity index is 2.58. The molecule has 4 nitrogen and oxygen atoms in total. The molecule has 2 heterocycles. The molecule has 0 aliphatic carbocycles. The van der Waals surface area contributed by atoms with Crippen LogP contribution in [0.3, 0.4) is 0 Å². The third-order valence-corrected chi connectivity index (χ3v) is 2.59. The van der Waals surface area contributed by atoms with E-state index in [1.54, 1.807) is 23.0 Å². The van der Waals surface area contributed by atoms with Gasteiger partial charge in [0.05, 0.1) is 5.52 Å². The van der Waals surface area contributed by atoms with E-state index in [0.717, 1.165) is 15.5 Å². The van der Waals surface area contributed by atoms with Gasteiger partial charge in [-0.25, -0.2) is 4.98 Å². The zero-order valence-electron chi connectivity index (χ0n) is 7.14. The predicted molar refractivity (Wildman–Crippen MR) is 55.1 cm³/mol. The standard InChI is InChI=1S/C9H7BrN2O2/c10-9-6-2-4-12(5-8(13)14)7(6)1-3-11-9/h1-4H,5H2,(H,13,14). The van der Waals surface area contributed by atoms with Gasteiger partial charge in [-0.1, -0.05) is 0 Å². The van der Waals surface area contributed by atoms with Gasteiger partial charge in [0.2, 0.25) is 0 Å². The molecule has 5 heteroatoms. The van der Waals surface area contributed by atoms with Gasteiger partial charge in [0.1, 0.15) is 11.1 Å². The normalized spacial score (nSPS) is 10.6. The van der Waals surface area contributed by atoms with E-state index in [9.17, 15) is 4.79 Å². The molecule has 0 saturated heterocycles. The zero-order chi connectivity index (χ0) is 10.1. The van der Waals surface area contributed by atoms with Gasteiger partial charge in [-0.05, 0) is 28.1 Å². The van der Waals surface area contributed by atoms with Gasteiger partial charge in [-0.2, -0.15) is 0 Å². The lowest BCUT2D eigenvalue weighted by atomic mass is 10.3. The van der Waals surface area contributed by atoms with Crippen LogP contribution in [0.4, 0.5) is 0 Å². The fourth-order valence-corrected chi connectivity index (χ4v) is 1.82. The van der Waals surface area contributed by atoms with Crippen molar-refractivity contribution in [2.24, 2.45) is 0 Å². The quantitative estimate of drug-likeness (QED) is 0.833. The molecule has 0 spiro atoms. The Kier molecular flexibility index (Phi) is 2.25. The molecule has 0 aliphatic heterocycles. The lowest BCUT2D eigenvalue weighted by Crippen LogP contribution is -2.07. The minimum absolute atomic E-state index is 0.0278. The number of aromatic nitrogens is 2. The number of hydrogen-bond acceptors (Lipinski definition) is 2. The van der Waals surface area contributed by atoms with E-state index in [-0.39, 0.29) is 6.54 Å². The van der Waals surface area contributed by atoms with Crippen LogP contribution in [-0.2, 0) is 11.3 Å². The second kappa shape index (κ2) is 3.42. The van der Waals surface area contributed by atoms with Crippen molar-refractivity contribution in [3.63, 3.8) is 0 Å². The molecule has 0 aliphatic rings. The van der Waals surface area contributed by atoms with Gasteiger partial charge >= 0.3 is 5.97 Å². The summed E-state index contributed by atoms with van der Waals surface area (Å²) < 4.78 is 2.41. The van der Waals surface area contributed by atoms with Crippen LogP contribution in [-0.4, -0.2) is 20.6 Å². The monoisotopic (exact) mass is 254 g/mol. The number of fused-ring (bicyclic) bond motifs is 1. The Hall–Kier alpha value is -1.36. The predicted octanol–water partition coefficient (Wildman–Crippen LogP) is 1.88. The van der Waals surface area contributed by atoms with Gasteiger partial charge in [-0.15, -0.1) is 0 Å². The van der Waals surface area contributed by atoms with Crippen molar-refractivity contribution >= 4 is 32.8 Å². The summed E-state index contributed by atoms with van der Waals surface area (Å²) in [5, 5.41) is 9.59. The molecular formula is C9H7BrN2O2. The Morgan fingerprint density at radius 1 is 1.57 bits per heavy atom. The van der Waals surface area contributed by atoms with E-state index in [2.05, 4.69) is 20.9 Å². The van der Waals surface area contributed by atoms with Gasteiger partial charge in [0.15, 0.2) is 0 Å². The first-order valence-electron chi connectivity index (χ1n) is 3.99. The van der Waals surface area contributed by atoms with Crippen molar-refractivity contribution in [1.82, 2.24) is 9.55 Å². The number of halogens is 1. The molecule has 0 amide bonds. The Morgan fingerprint density at radius 3 is 3.07 bits per heavy atom. The molecule has 0 aromatic carbocycles. The van der Waals surface area contributed by atoms with E-state index >= 15 is 0 Å². The first kappa shape index (κ1) is 9.21. The van der Waals surface area contributed by atoms with Crippen LogP contribution in [0.2, 0.25) is 0 Å². The minimum Gasteiger partial charge on any atom is -0.480 e. The van der Waals surface area contributed by atoms with E-state index < -0.39 is 5.97 Å². The summed E-state index contributed by atoms with van der Waals surface area (Å²) in [5.41, 5.74) is 0.870. The van der Waals surface area contributed by atoms with Crippen LogP contribution in [0.15, 0.2) is 29.1 Å². The highest BCUT2D eigenvalue weighted by Crippen LogP contribution is 2.22. The van der Waals surface area contributed by atoms with Crippen molar-refractivity contribution in [2.75, 3.05) is 0 Å². The fourth-order valence-electron chi connectivity index (χ4n) is 1.37. The summed E-state index contributed by atoms with van der Waals surface area (Å²) in [6.07, 6.45) is 3.38. The average Bonchev–Trinajstić information content (AvgIpc) is 2.49. The highest BCUT2D eigenvalue weighted by atomic mass is 79.9. The maximum absolute atomic E-state index is 10.5. The molecule has 2 rings (SSSR count). The zero-order valence-corrected chi connectivity index (χ0v) is 8.73. The number of carboxylic acids is 1. The van der Waals surface area contributed by atoms with Crippen molar-refractivity contribution in [2.45, 2.75) is 6.54 Å². The van der Waals surface area contributed by atoms with Crippen molar-refractivity contribution in [3.05, 3.63) is 29.1 Å². The molecule has 14 heavy (non-hydrogen) atoms. The molecule has 0 saturated carbocycles. The van der Waals surface area contributed by atoms with Crippen LogP contribution in [0, 0.1) is 0 Å². The van der Waals surface area contributed by atoms with Crippen LogP contribution in [0.25, 0.3) is 10.9 Å². The number of aliphatic carboxylic acids is 1. The third-order valence-electron chi connectivity index (χ3n) is 1.95. The Morgan fingerprint density at radius 2 is 2.36 bits per heavy atom. The second-order valence-electron chi connectivity index (χ2n) is 2.87. The van der Waals surface area contributed by atoms with Crippen LogP contribution in [0.1, 0.15) is 0 Å². The van der Waals surface area contributed by atoms with Crippen LogP contribution < -0.4 is 0 Å². The largest absolute Gasteiger partial charge is 0.480 e. The van der Waals surface area contributed by atoms with Gasteiger partial charge < -0.3 is 9.67 Å². The molecule has 0 bridgehead atoms. The number of nitrogens with zero attached hydrogens (tertiary/aromatic N) is 2. The van der Waals surface area contributed by atoms with Crippen molar-refractivity contribution in [1.29, 1.82) is 0 Å². The molecule has 0 unspecified atom stereocenters. The number of pyridine rings is 1. The highest BCUT2D eigenvalue weighted by Gasteiger charge is 2.06. The smallest absolute Gasteiger partial charge is 0.323 e. The first-order valence-corrected chi connectivity index (χ1v) is 4.79. The highest BCUT2D eigenvalue weighted by molar-refractivity contribution is 9.10. The Bertz CT molecular complexity index is 493. The van der Waals surface area contributed by atoms with Crippen molar-refractivity contribution in [3.8, 4) is 0 Å². The first-order chi connectivity index (χ1) is 6.68. The number of carboxylic acid groups (broad SMARTS) is 1. The fraction of sp³-hybridized carbons (Fsp3) is 0.111. The summed E-state index contributed by atoms with van der Waals surface area (Å²) in [6.45, 7) is -0.0278. The van der Waals surface area contributed by atoms with E-state index in [4.69, 9.17) is 5.11 Å². The summed E-state index contributed by atoms with van der Waals surface area (Å²) in [7, 11) is 0. The van der Waals surface area contributed by atoms with E-state index in [1.165, 1.54) is 0 Å². The molecule has 72 valence electrons. The van der Waals surface area contributed by atoms with Crippen LogP contribution in [0.5, 0.6) is 0 Å². The molecule has 0 fully saturated rings. The molecular weight excluding hydrogens is 248 g/mol. The molecule has 0 atom stereocenters. The Labute approximate surface area is 88.3 Å². The minimum atomic E-state index is -0.851. The van der Waals surface area contributed by atoms with Crippen LogP contribution >= 0.6 is 15.9 Å². The van der Waals surface area contributed by atoms with Gasteiger partial charge in [0, 0.05) is 17.8 Å². The third kappa shape index (κ3) is 1.50. The maximum atomic E-state index is 10.5. The maximum Gasteiger partial charge on any atom is 0.323 e. The number of rotatable bonds is 2. The number of hydrogen-bond donors (Lipinski definition) is 1. The topological polar surface area (TPSA) is 55.1 Å². The van der Waals surface area contributed by atoms with E-state index in [0.29, 0.717) is 0 Å². The van der Waals surface area contributed by atoms with E-state index in [1.807, 2.05) is 6.07 Å². The van der Waals surface area contributed by atoms with Gasteiger partial charge in [0.25, 0.3) is 0 Å². The molecule has 1 N–H and O–H groups in total.